The van der Waals surface area contributed by atoms with Gasteiger partial charge in [-0.25, -0.2) is 0 Å². The predicted molar refractivity (Wildman–Crippen MR) is 376 cm³/mol. The quantitative estimate of drug-likeness (QED) is 0.0280. The van der Waals surface area contributed by atoms with E-state index in [1.165, 1.54) is 27.9 Å². The largest absolute Gasteiger partial charge is 0.394 e. The number of ether oxygens (including phenoxy) is 14. The van der Waals surface area contributed by atoms with E-state index < -0.39 is 221 Å². The molecule has 0 radical (unpaired) electrons. The highest BCUT2D eigenvalue weighted by atomic mass is 16.7. The first-order chi connectivity index (χ1) is 51.8. The second kappa shape index (κ2) is 45.2. The van der Waals surface area contributed by atoms with Crippen molar-refractivity contribution in [2.45, 2.75) is 315 Å². The highest BCUT2D eigenvalue weighted by Gasteiger charge is 2.55. The summed E-state index contributed by atoms with van der Waals surface area (Å²) in [4.78, 5) is 81.1. The summed E-state index contributed by atoms with van der Waals surface area (Å²) in [7, 11) is 2.93. The number of carbonyl (C=O) groups is 6. The zero-order valence-corrected chi connectivity index (χ0v) is 63.4. The van der Waals surface area contributed by atoms with Gasteiger partial charge in [0.15, 0.2) is 30.9 Å². The minimum atomic E-state index is -1.61. The highest BCUT2D eigenvalue weighted by molar-refractivity contribution is 5.86. The Morgan fingerprint density at radius 1 is 0.407 bits per heavy atom. The van der Waals surface area contributed by atoms with Crippen LogP contribution >= 0.6 is 0 Å². The van der Waals surface area contributed by atoms with Crippen LogP contribution in [0, 0.1) is 23.7 Å². The molecule has 8 fully saturated rings. The van der Waals surface area contributed by atoms with Gasteiger partial charge in [0.05, 0.1) is 96.0 Å². The normalized spacial score (nSPS) is 37.1. The van der Waals surface area contributed by atoms with E-state index in [4.69, 9.17) is 66.3 Å². The van der Waals surface area contributed by atoms with E-state index >= 15 is 0 Å². The number of aliphatic hydroxyl groups excluding tert-OH is 10. The van der Waals surface area contributed by atoms with Crippen molar-refractivity contribution in [3.05, 3.63) is 0 Å². The van der Waals surface area contributed by atoms with Crippen molar-refractivity contribution in [3.8, 4) is 0 Å². The van der Waals surface area contributed by atoms with Gasteiger partial charge in [-0.05, 0) is 76.0 Å². The molecule has 4 saturated heterocycles. The second-order valence-corrected chi connectivity index (χ2v) is 30.4. The zero-order valence-electron chi connectivity index (χ0n) is 63.4. The fourth-order valence-corrected chi connectivity index (χ4v) is 15.9. The molecule has 10 unspecified atom stereocenters. The lowest BCUT2D eigenvalue weighted by atomic mass is 9.85. The topological polar surface area (TPSA) is 494 Å². The number of nitrogens with one attached hydrogen (secondary N) is 5. The Bertz CT molecular complexity index is 2530. The first-order valence-corrected chi connectivity index (χ1v) is 39.2. The van der Waals surface area contributed by atoms with Crippen LogP contribution < -0.4 is 26.6 Å². The molecule has 8 rings (SSSR count). The van der Waals surface area contributed by atoms with Gasteiger partial charge in [-0.2, -0.15) is 0 Å². The van der Waals surface area contributed by atoms with Crippen LogP contribution in [0.1, 0.15) is 156 Å². The van der Waals surface area contributed by atoms with E-state index in [0.29, 0.717) is 51.4 Å². The molecule has 4 heterocycles. The molecular weight excluding hydrogens is 1430 g/mol. The van der Waals surface area contributed by atoms with E-state index in [2.05, 4.69) is 26.6 Å². The summed E-state index contributed by atoms with van der Waals surface area (Å²) in [5, 5.41) is 122. The molecule has 35 nitrogen and oxygen atoms in total. The number of amides is 5. The third-order valence-electron chi connectivity index (χ3n) is 22.3. The molecule has 4 aliphatic carbocycles. The van der Waals surface area contributed by atoms with Crippen LogP contribution in [0.3, 0.4) is 0 Å². The van der Waals surface area contributed by atoms with E-state index in [9.17, 15) is 79.8 Å². The summed E-state index contributed by atoms with van der Waals surface area (Å²) in [6.45, 7) is 4.47. The number of rotatable bonds is 40. The molecular formula is C73H125N5O30. The minimum absolute atomic E-state index is 0.0152. The number of aliphatic hydroxyl groups is 10. The average molecular weight is 1550 g/mol. The molecule has 0 aromatic carbocycles. The Balaban J connectivity index is 0.772. The van der Waals surface area contributed by atoms with E-state index in [1.54, 1.807) is 0 Å². The Morgan fingerprint density at radius 3 is 1.23 bits per heavy atom. The zero-order chi connectivity index (χ0) is 78.1. The van der Waals surface area contributed by atoms with Crippen LogP contribution in [0.5, 0.6) is 0 Å². The van der Waals surface area contributed by atoms with E-state index in [-0.39, 0.29) is 82.8 Å². The lowest BCUT2D eigenvalue weighted by Crippen LogP contribution is -2.68. The van der Waals surface area contributed by atoms with Crippen LogP contribution in [-0.2, 0) is 95.1 Å². The maximum absolute atomic E-state index is 14.0. The van der Waals surface area contributed by atoms with Crippen molar-refractivity contribution in [2.75, 3.05) is 86.7 Å². The van der Waals surface area contributed by atoms with Gasteiger partial charge in [-0.15, -0.1) is 0 Å². The molecule has 0 aromatic rings. The third-order valence-corrected chi connectivity index (χ3v) is 22.3. The standard InChI is InChI=1S/C73H125N5O30/c1-38-15-13-21-45(64(38)107-72-62(91)60(89)56(85)40(3)99-72)103-70-54(66(58(87)49(34-79)105-70)101-47(68(93)74-5)31-42-17-9-7-10-18-42)77-51(82)24-23-44(81)36-97-29-27-95-25-26-96-28-30-98-37-53(84)76-33-52(83)78-55-67(102-48(69(94)75-6)32-43-19-11-8-12-20-43)59(88)50(35-80)106-71(55)104-46-22-14-16-39(2)65(46)108-73-63(92)61(90)57(86)41(4)100-73/h38-43,45-50,54-67,70-73,79-80,85-92H,7-37H2,1-6H3,(H,74,93)(H,75,94)(H,76,84)(H,77,82)(H,78,83)/t38?,39?,40?,41?,45-,46-,47+,48+,49+,50+,54?,55?,56-,57-,58+,59+,60+,61+,62?,63?,64-,65-,66?,67?,70-,71-,72+,73+/m1/s1. The Kier molecular flexibility index (Phi) is 37.5. The Labute approximate surface area is 631 Å². The molecule has 0 bridgehead atoms. The molecule has 108 heavy (non-hydrogen) atoms. The number of hydrogen-bond donors (Lipinski definition) is 15. The maximum atomic E-state index is 14.0. The van der Waals surface area contributed by atoms with Crippen LogP contribution in [0.15, 0.2) is 0 Å². The van der Waals surface area contributed by atoms with Gasteiger partial charge in [0.25, 0.3) is 0 Å². The van der Waals surface area contributed by atoms with Gasteiger partial charge in [-0.1, -0.05) is 90.9 Å². The predicted octanol–water partition coefficient (Wildman–Crippen LogP) is -2.58. The molecule has 8 aliphatic rings. The molecule has 0 spiro atoms. The SMILES string of the molecule is CNC(=O)[C@H](CC1CCCCC1)OC1C(NC(=O)CCC(=O)COCCOCCOCCOCC(=O)NCC(=O)NC2C(O[C@@H](CC3CCCCC3)C(=O)NC)[C@@H](O)[C@H](CO)O[C@H]2O[C@@H]2CCCC(C)[C@H]2O[C@@H]2OC(C)[C@@H](O)[C@H](O)C2O)[C@H](O[C@@H]2CCCC(C)[C@H]2O[C@@H]2OC(C)[C@@H](O)[C@H](O)C2O)O[C@@H](CO)[C@@H]1O. The van der Waals surface area contributed by atoms with Gasteiger partial charge >= 0.3 is 0 Å². The lowest BCUT2D eigenvalue weighted by molar-refractivity contribution is -0.336. The van der Waals surface area contributed by atoms with Crippen molar-refractivity contribution >= 4 is 35.3 Å². The smallest absolute Gasteiger partial charge is 0.248 e. The van der Waals surface area contributed by atoms with Crippen molar-refractivity contribution < 1.29 is 146 Å². The highest BCUT2D eigenvalue weighted by Crippen LogP contribution is 2.40. The minimum Gasteiger partial charge on any atom is -0.394 e. The monoisotopic (exact) mass is 1550 g/mol. The number of Topliss-reactive ketones (excluding diaryl/α,β-unsaturated/α-hetero) is 1. The molecule has 35 heteroatoms. The molecule has 4 saturated carbocycles. The summed E-state index contributed by atoms with van der Waals surface area (Å²) < 4.78 is 85.2. The van der Waals surface area contributed by atoms with Gasteiger partial charge in [0, 0.05) is 26.9 Å². The summed E-state index contributed by atoms with van der Waals surface area (Å²) in [6.07, 6.45) is -17.4. The fraction of sp³-hybridized carbons (Fsp3) is 0.918. The van der Waals surface area contributed by atoms with Crippen LogP contribution in [-0.4, -0.2) is 332 Å². The molecule has 5 amide bonds. The maximum Gasteiger partial charge on any atom is 0.248 e. The average Bonchev–Trinajstić information content (AvgIpc) is 0.785. The Hall–Kier alpha value is -3.94. The van der Waals surface area contributed by atoms with Gasteiger partial charge in [-0.3, -0.25) is 28.8 Å². The summed E-state index contributed by atoms with van der Waals surface area (Å²) in [5.74, 6) is -3.54. The number of hydrogen-bond acceptors (Lipinski definition) is 30. The number of carbonyl (C=O) groups excluding carboxylic acids is 6. The van der Waals surface area contributed by atoms with Crippen LogP contribution in [0.2, 0.25) is 0 Å². The second-order valence-electron chi connectivity index (χ2n) is 30.4. The van der Waals surface area contributed by atoms with Crippen molar-refractivity contribution in [1.29, 1.82) is 0 Å². The fourth-order valence-electron chi connectivity index (χ4n) is 15.9. The Morgan fingerprint density at radius 2 is 0.815 bits per heavy atom. The first kappa shape index (κ1) is 89.6. The number of likely N-dealkylation sites (N-methyl/N-ethyl adjacent to an activating group) is 2. The molecule has 0 aromatic heterocycles. The molecule has 15 N–H and O–H groups in total. The lowest BCUT2D eigenvalue weighted by Gasteiger charge is -2.48. The van der Waals surface area contributed by atoms with Crippen LogP contribution in [0.25, 0.3) is 0 Å². The first-order valence-electron chi connectivity index (χ1n) is 39.2. The summed E-state index contributed by atoms with van der Waals surface area (Å²) in [6, 6.07) is -2.67. The van der Waals surface area contributed by atoms with Crippen LogP contribution in [0.4, 0.5) is 0 Å². The summed E-state index contributed by atoms with van der Waals surface area (Å²) in [5.41, 5.74) is 0. The van der Waals surface area contributed by atoms with Gasteiger partial charge in [0.1, 0.15) is 111 Å². The molecule has 28 atom stereocenters. The van der Waals surface area contributed by atoms with E-state index in [0.717, 1.165) is 64.2 Å². The van der Waals surface area contributed by atoms with Crippen molar-refractivity contribution in [1.82, 2.24) is 26.6 Å². The molecule has 622 valence electrons. The number of ketones is 1. The van der Waals surface area contributed by atoms with E-state index in [1.807, 2.05) is 13.8 Å². The van der Waals surface area contributed by atoms with Gasteiger partial charge < -0.3 is 144 Å². The van der Waals surface area contributed by atoms with Crippen molar-refractivity contribution in [3.63, 3.8) is 0 Å². The summed E-state index contributed by atoms with van der Waals surface area (Å²) >= 11 is 0. The molecule has 4 aliphatic heterocycles. The van der Waals surface area contributed by atoms with Crippen molar-refractivity contribution in [2.24, 2.45) is 23.7 Å². The van der Waals surface area contributed by atoms with Gasteiger partial charge in [0.2, 0.25) is 29.5 Å². The third kappa shape index (κ3) is 25.8.